The van der Waals surface area contributed by atoms with E-state index in [2.05, 4.69) is 0 Å². The summed E-state index contributed by atoms with van der Waals surface area (Å²) in [7, 11) is 0. The second-order valence-corrected chi connectivity index (χ2v) is 3.90. The van der Waals surface area contributed by atoms with Gasteiger partial charge in [0, 0.05) is 18.0 Å². The van der Waals surface area contributed by atoms with Crippen LogP contribution < -0.4 is 0 Å². The summed E-state index contributed by atoms with van der Waals surface area (Å²) >= 11 is 0. The van der Waals surface area contributed by atoms with E-state index in [9.17, 15) is 9.18 Å². The van der Waals surface area contributed by atoms with E-state index in [-0.39, 0.29) is 17.6 Å². The maximum atomic E-state index is 13.7. The Labute approximate surface area is 93.7 Å². The minimum atomic E-state index is -0.306. The number of aromatic nitrogens is 1. The van der Waals surface area contributed by atoms with Gasteiger partial charge in [0.05, 0.1) is 11.6 Å². The molecule has 0 spiro atoms. The van der Waals surface area contributed by atoms with E-state index >= 15 is 0 Å². The van der Waals surface area contributed by atoms with E-state index in [1.54, 1.807) is 23.8 Å². The summed E-state index contributed by atoms with van der Waals surface area (Å²) in [5.41, 5.74) is 0.511. The van der Waals surface area contributed by atoms with E-state index in [0.29, 0.717) is 11.9 Å². The molecule has 0 saturated carbocycles. The molecule has 84 valence electrons. The van der Waals surface area contributed by atoms with Crippen molar-refractivity contribution < 1.29 is 9.18 Å². The van der Waals surface area contributed by atoms with Crippen molar-refractivity contribution in [1.82, 2.24) is 4.57 Å². The van der Waals surface area contributed by atoms with Crippen LogP contribution in [0.4, 0.5) is 4.39 Å². The van der Waals surface area contributed by atoms with Crippen LogP contribution in [0.1, 0.15) is 26.3 Å². The van der Waals surface area contributed by atoms with Gasteiger partial charge in [0.2, 0.25) is 0 Å². The fraction of sp³-hybridized carbons (Fsp3) is 0.308. The number of hydrogen-bond donors (Lipinski definition) is 0. The van der Waals surface area contributed by atoms with Crippen molar-refractivity contribution in [3.63, 3.8) is 0 Å². The van der Waals surface area contributed by atoms with Crippen LogP contribution in [0.3, 0.4) is 0 Å². The second-order valence-electron chi connectivity index (χ2n) is 3.90. The molecule has 0 radical (unpaired) electrons. The van der Waals surface area contributed by atoms with Crippen LogP contribution in [0.2, 0.25) is 0 Å². The van der Waals surface area contributed by atoms with Gasteiger partial charge >= 0.3 is 0 Å². The van der Waals surface area contributed by atoms with E-state index in [1.807, 2.05) is 19.1 Å². The molecule has 0 aliphatic carbocycles. The number of Topliss-reactive ketones (excluding diaryl/α,β-unsaturated/α-hetero) is 1. The van der Waals surface area contributed by atoms with Crippen molar-refractivity contribution >= 4 is 16.7 Å². The van der Waals surface area contributed by atoms with Gasteiger partial charge in [-0.15, -0.1) is 0 Å². The molecule has 2 nitrogen and oxygen atoms in total. The summed E-state index contributed by atoms with van der Waals surface area (Å²) in [5, 5.41) is 0.829. The predicted molar refractivity (Wildman–Crippen MR) is 61.9 cm³/mol. The van der Waals surface area contributed by atoms with Crippen molar-refractivity contribution in [2.24, 2.45) is 0 Å². The van der Waals surface area contributed by atoms with Crippen molar-refractivity contribution in [2.75, 3.05) is 0 Å². The monoisotopic (exact) mass is 219 g/mol. The lowest BCUT2D eigenvalue weighted by Crippen LogP contribution is -2.14. The van der Waals surface area contributed by atoms with Gasteiger partial charge in [-0.1, -0.05) is 19.1 Å². The highest BCUT2D eigenvalue weighted by Crippen LogP contribution is 2.23. The molecule has 2 aromatic rings. The first kappa shape index (κ1) is 10.9. The van der Waals surface area contributed by atoms with Crippen LogP contribution in [-0.2, 0) is 4.79 Å². The van der Waals surface area contributed by atoms with Crippen LogP contribution in [0.25, 0.3) is 10.9 Å². The number of carbonyl (C=O) groups excluding carboxylic acids is 1. The van der Waals surface area contributed by atoms with Crippen LogP contribution >= 0.6 is 0 Å². The first-order chi connectivity index (χ1) is 7.65. The van der Waals surface area contributed by atoms with Crippen molar-refractivity contribution in [1.29, 1.82) is 0 Å². The Morgan fingerprint density at radius 3 is 2.88 bits per heavy atom. The fourth-order valence-corrected chi connectivity index (χ4v) is 1.95. The van der Waals surface area contributed by atoms with Crippen LogP contribution in [-0.4, -0.2) is 10.4 Å². The molecule has 1 heterocycles. The maximum Gasteiger partial charge on any atom is 0.155 e. The minimum Gasteiger partial charge on any atom is -0.335 e. The number of fused-ring (bicyclic) bond motifs is 1. The first-order valence-electron chi connectivity index (χ1n) is 5.43. The molecule has 0 aliphatic rings. The third kappa shape index (κ3) is 1.62. The van der Waals surface area contributed by atoms with Crippen molar-refractivity contribution in [3.8, 4) is 0 Å². The molecule has 1 unspecified atom stereocenters. The summed E-state index contributed by atoms with van der Waals surface area (Å²) in [6.07, 6.45) is 2.24. The largest absolute Gasteiger partial charge is 0.335 e. The third-order valence-corrected chi connectivity index (χ3v) is 2.92. The molecule has 3 heteroatoms. The van der Waals surface area contributed by atoms with Crippen molar-refractivity contribution in [2.45, 2.75) is 26.3 Å². The molecule has 0 bridgehead atoms. The lowest BCUT2D eigenvalue weighted by atomic mass is 10.1. The second kappa shape index (κ2) is 4.08. The molecule has 0 N–H and O–H groups in total. The molecular weight excluding hydrogens is 205 g/mol. The number of nitrogens with zero attached hydrogens (tertiary/aromatic N) is 1. The van der Waals surface area contributed by atoms with E-state index in [1.165, 1.54) is 6.07 Å². The zero-order chi connectivity index (χ0) is 11.7. The van der Waals surface area contributed by atoms with Gasteiger partial charge in [0.1, 0.15) is 5.82 Å². The van der Waals surface area contributed by atoms with Gasteiger partial charge in [0.15, 0.2) is 5.78 Å². The Kier molecular flexibility index (Phi) is 2.77. The van der Waals surface area contributed by atoms with Gasteiger partial charge in [0.25, 0.3) is 0 Å². The minimum absolute atomic E-state index is 0.112. The molecule has 1 aromatic heterocycles. The Morgan fingerprint density at radius 1 is 1.44 bits per heavy atom. The molecule has 2 rings (SSSR count). The molecule has 1 atom stereocenters. The fourth-order valence-electron chi connectivity index (χ4n) is 1.95. The first-order valence-corrected chi connectivity index (χ1v) is 5.43. The summed E-state index contributed by atoms with van der Waals surface area (Å²) in [5.74, 6) is -0.168. The highest BCUT2D eigenvalue weighted by atomic mass is 19.1. The summed E-state index contributed by atoms with van der Waals surface area (Å²) < 4.78 is 15.4. The Balaban J connectivity index is 2.57. The van der Waals surface area contributed by atoms with Crippen LogP contribution in [0.15, 0.2) is 30.5 Å². The van der Waals surface area contributed by atoms with E-state index < -0.39 is 0 Å². The van der Waals surface area contributed by atoms with E-state index in [4.69, 9.17) is 0 Å². The maximum absolute atomic E-state index is 13.7. The van der Waals surface area contributed by atoms with Gasteiger partial charge in [-0.25, -0.2) is 4.39 Å². The predicted octanol–water partition coefficient (Wildman–Crippen LogP) is 3.32. The number of benzene rings is 1. The highest BCUT2D eigenvalue weighted by molar-refractivity contribution is 5.86. The zero-order valence-electron chi connectivity index (χ0n) is 9.40. The molecule has 16 heavy (non-hydrogen) atoms. The smallest absolute Gasteiger partial charge is 0.155 e. The molecule has 1 aromatic carbocycles. The third-order valence-electron chi connectivity index (χ3n) is 2.92. The molecule has 0 aliphatic heterocycles. The van der Waals surface area contributed by atoms with Gasteiger partial charge in [-0.3, -0.25) is 4.79 Å². The standard InChI is InChI=1S/C13H14FNO/c1-3-12(16)9(2)15-8-7-10-5-4-6-11(14)13(10)15/h4-9H,3H2,1-2H3. The zero-order valence-corrected chi connectivity index (χ0v) is 9.40. The molecule has 0 fully saturated rings. The normalized spacial score (nSPS) is 12.9. The number of rotatable bonds is 3. The SMILES string of the molecule is CCC(=O)C(C)n1ccc2cccc(F)c21. The van der Waals surface area contributed by atoms with Crippen LogP contribution in [0.5, 0.6) is 0 Å². The quantitative estimate of drug-likeness (QED) is 0.776. The van der Waals surface area contributed by atoms with Gasteiger partial charge in [-0.2, -0.15) is 0 Å². The summed E-state index contributed by atoms with van der Waals surface area (Å²) in [6, 6.07) is 6.46. The number of halogens is 1. The Morgan fingerprint density at radius 2 is 2.19 bits per heavy atom. The number of hydrogen-bond acceptors (Lipinski definition) is 1. The topological polar surface area (TPSA) is 22.0 Å². The highest BCUT2D eigenvalue weighted by Gasteiger charge is 2.16. The lowest BCUT2D eigenvalue weighted by molar-refractivity contribution is -0.121. The summed E-state index contributed by atoms with van der Waals surface area (Å²) in [6.45, 7) is 3.62. The number of carbonyl (C=O) groups is 1. The average molecular weight is 219 g/mol. The Bertz CT molecular complexity index is 530. The molecule has 0 amide bonds. The number of para-hydroxylation sites is 1. The summed E-state index contributed by atoms with van der Waals surface area (Å²) in [4.78, 5) is 11.6. The molecular formula is C13H14FNO. The van der Waals surface area contributed by atoms with Crippen LogP contribution in [0, 0.1) is 5.82 Å². The van der Waals surface area contributed by atoms with Gasteiger partial charge < -0.3 is 4.57 Å². The average Bonchev–Trinajstić information content (AvgIpc) is 2.72. The molecule has 0 saturated heterocycles. The lowest BCUT2D eigenvalue weighted by Gasteiger charge is -2.13. The van der Waals surface area contributed by atoms with Crippen molar-refractivity contribution in [3.05, 3.63) is 36.3 Å². The Hall–Kier alpha value is -1.64. The van der Waals surface area contributed by atoms with E-state index in [0.717, 1.165) is 5.39 Å². The number of ketones is 1. The van der Waals surface area contributed by atoms with Gasteiger partial charge in [-0.05, 0) is 19.1 Å².